The monoisotopic (exact) mass is 423 g/mol. The summed E-state index contributed by atoms with van der Waals surface area (Å²) in [5.41, 5.74) is 4.06. The number of aromatic nitrogens is 1. The molecule has 1 aliphatic carbocycles. The number of carbonyl (C=O) groups is 1. The zero-order valence-electron chi connectivity index (χ0n) is 17.3. The highest BCUT2D eigenvalue weighted by molar-refractivity contribution is 5.94. The topological polar surface area (TPSA) is 115 Å². The highest BCUT2D eigenvalue weighted by Gasteiger charge is 2.39. The van der Waals surface area contributed by atoms with E-state index in [-0.39, 0.29) is 24.2 Å². The van der Waals surface area contributed by atoms with Crippen LogP contribution in [0.1, 0.15) is 35.2 Å². The number of amides is 1. The Morgan fingerprint density at radius 1 is 1.16 bits per heavy atom. The molecule has 1 aromatic heterocycles. The number of aliphatic hydroxyl groups excluding tert-OH is 3. The molecule has 0 radical (unpaired) electrons. The van der Waals surface area contributed by atoms with Crippen LogP contribution in [-0.4, -0.2) is 50.7 Å². The lowest BCUT2D eigenvalue weighted by Crippen LogP contribution is -2.22. The number of benzene rings is 1. The molecule has 1 aliphatic rings. The van der Waals surface area contributed by atoms with Crippen molar-refractivity contribution >= 4 is 12.1 Å². The first kappa shape index (κ1) is 22.8. The van der Waals surface area contributed by atoms with Crippen molar-refractivity contribution in [2.75, 3.05) is 0 Å². The second kappa shape index (κ2) is 11.5. The molecule has 0 aliphatic heterocycles. The number of hydrogen-bond acceptors (Lipinski definition) is 6. The minimum absolute atomic E-state index is 0.242. The SMILES string of the molecule is O=C(NN=CC[C@@H]1[C@@H](/C=C/[C@@H](O)CCc2ccccc2)[C@H](O)C[C@@H]1O)c1ccncc1. The standard InChI is InChI=1S/C24H29N3O4/c28-19(7-6-17-4-2-1-3-5-17)8-9-20-21(23(30)16-22(20)29)12-15-26-27-24(31)18-10-13-25-14-11-18/h1-5,8-11,13-15,19-23,28-30H,6-7,12,16H2,(H,27,31)/b9-8+,26-15?/t19-,20+,21+,22+,23-/m0/s1. The van der Waals surface area contributed by atoms with Crippen LogP contribution < -0.4 is 5.43 Å². The van der Waals surface area contributed by atoms with Gasteiger partial charge in [-0.15, -0.1) is 0 Å². The van der Waals surface area contributed by atoms with E-state index in [9.17, 15) is 20.1 Å². The van der Waals surface area contributed by atoms with E-state index < -0.39 is 18.3 Å². The molecule has 31 heavy (non-hydrogen) atoms. The van der Waals surface area contributed by atoms with E-state index in [2.05, 4.69) is 15.5 Å². The molecule has 1 saturated carbocycles. The van der Waals surface area contributed by atoms with Crippen LogP contribution in [0, 0.1) is 11.8 Å². The molecule has 7 heteroatoms. The van der Waals surface area contributed by atoms with Gasteiger partial charge in [-0.2, -0.15) is 5.10 Å². The first-order valence-corrected chi connectivity index (χ1v) is 10.5. The third-order valence-electron chi connectivity index (χ3n) is 5.62. The average molecular weight is 424 g/mol. The molecule has 5 atom stereocenters. The second-order valence-corrected chi connectivity index (χ2v) is 7.81. The first-order valence-electron chi connectivity index (χ1n) is 10.5. The minimum atomic E-state index is -0.683. The second-order valence-electron chi connectivity index (χ2n) is 7.81. The van der Waals surface area contributed by atoms with Gasteiger partial charge in [0, 0.05) is 36.5 Å². The fourth-order valence-corrected chi connectivity index (χ4v) is 3.86. The molecular formula is C24H29N3O4. The molecule has 0 saturated heterocycles. The third-order valence-corrected chi connectivity index (χ3v) is 5.62. The number of carbonyl (C=O) groups excluding carboxylic acids is 1. The molecule has 1 fully saturated rings. The molecular weight excluding hydrogens is 394 g/mol. The van der Waals surface area contributed by atoms with E-state index in [0.29, 0.717) is 18.4 Å². The maximum atomic E-state index is 12.0. The number of hydrazone groups is 1. The summed E-state index contributed by atoms with van der Waals surface area (Å²) in [6, 6.07) is 13.1. The van der Waals surface area contributed by atoms with E-state index in [0.717, 1.165) is 12.0 Å². The van der Waals surface area contributed by atoms with Crippen molar-refractivity contribution < 1.29 is 20.1 Å². The Kier molecular flexibility index (Phi) is 8.46. The molecule has 4 N–H and O–H groups in total. The highest BCUT2D eigenvalue weighted by Crippen LogP contribution is 2.35. The van der Waals surface area contributed by atoms with Gasteiger partial charge < -0.3 is 15.3 Å². The fraction of sp³-hybridized carbons (Fsp3) is 0.375. The quantitative estimate of drug-likeness (QED) is 0.280. The fourth-order valence-electron chi connectivity index (χ4n) is 3.86. The van der Waals surface area contributed by atoms with Crippen LogP contribution in [0.25, 0.3) is 0 Å². The summed E-state index contributed by atoms with van der Waals surface area (Å²) >= 11 is 0. The number of pyridine rings is 1. The number of nitrogens with zero attached hydrogens (tertiary/aromatic N) is 2. The summed E-state index contributed by atoms with van der Waals surface area (Å²) in [6.45, 7) is 0. The van der Waals surface area contributed by atoms with E-state index in [1.807, 2.05) is 30.3 Å². The van der Waals surface area contributed by atoms with Crippen molar-refractivity contribution in [3.8, 4) is 0 Å². The summed E-state index contributed by atoms with van der Waals surface area (Å²) in [7, 11) is 0. The summed E-state index contributed by atoms with van der Waals surface area (Å²) in [5.74, 6) is -0.874. The number of rotatable bonds is 9. The Balaban J connectivity index is 1.50. The number of nitrogens with one attached hydrogen (secondary N) is 1. The molecule has 1 aromatic carbocycles. The van der Waals surface area contributed by atoms with E-state index in [4.69, 9.17) is 0 Å². The lowest BCUT2D eigenvalue weighted by Gasteiger charge is -2.19. The Morgan fingerprint density at radius 2 is 1.90 bits per heavy atom. The smallest absolute Gasteiger partial charge is 0.271 e. The predicted molar refractivity (Wildman–Crippen MR) is 118 cm³/mol. The lowest BCUT2D eigenvalue weighted by molar-refractivity contribution is 0.0954. The van der Waals surface area contributed by atoms with Crippen LogP contribution in [0.3, 0.4) is 0 Å². The maximum Gasteiger partial charge on any atom is 0.271 e. The van der Waals surface area contributed by atoms with E-state index in [1.165, 1.54) is 18.6 Å². The third kappa shape index (κ3) is 6.82. The molecule has 2 aromatic rings. The Hall–Kier alpha value is -2.87. The van der Waals surface area contributed by atoms with Crippen LogP contribution >= 0.6 is 0 Å². The Bertz CT molecular complexity index is 873. The minimum Gasteiger partial charge on any atom is -0.393 e. The van der Waals surface area contributed by atoms with Crippen molar-refractivity contribution in [2.45, 2.75) is 44.0 Å². The van der Waals surface area contributed by atoms with Gasteiger partial charge in [0.2, 0.25) is 0 Å². The summed E-state index contributed by atoms with van der Waals surface area (Å²) in [5, 5.41) is 34.9. The summed E-state index contributed by atoms with van der Waals surface area (Å²) < 4.78 is 0. The average Bonchev–Trinajstić information content (AvgIpc) is 3.07. The van der Waals surface area contributed by atoms with Gasteiger partial charge >= 0.3 is 0 Å². The first-order chi connectivity index (χ1) is 15.0. The zero-order chi connectivity index (χ0) is 22.1. The Labute approximate surface area is 182 Å². The van der Waals surface area contributed by atoms with E-state index in [1.54, 1.807) is 24.3 Å². The van der Waals surface area contributed by atoms with Gasteiger partial charge in [-0.1, -0.05) is 42.5 Å². The van der Waals surface area contributed by atoms with Gasteiger partial charge in [0.1, 0.15) is 0 Å². The van der Waals surface area contributed by atoms with Crippen molar-refractivity contribution in [3.63, 3.8) is 0 Å². The molecule has 1 amide bonds. The number of aliphatic hydroxyl groups is 3. The molecule has 0 spiro atoms. The summed E-state index contributed by atoms with van der Waals surface area (Å²) in [6.07, 6.45) is 8.12. The van der Waals surface area contributed by atoms with Gasteiger partial charge in [0.05, 0.1) is 18.3 Å². The number of hydrogen-bond donors (Lipinski definition) is 4. The van der Waals surface area contributed by atoms with Crippen molar-refractivity contribution in [1.29, 1.82) is 0 Å². The molecule has 7 nitrogen and oxygen atoms in total. The summed E-state index contributed by atoms with van der Waals surface area (Å²) in [4.78, 5) is 15.8. The normalized spacial score (nSPS) is 24.6. The maximum absolute atomic E-state index is 12.0. The lowest BCUT2D eigenvalue weighted by atomic mass is 9.90. The van der Waals surface area contributed by atoms with Crippen molar-refractivity contribution in [2.24, 2.45) is 16.9 Å². The van der Waals surface area contributed by atoms with Crippen molar-refractivity contribution in [3.05, 3.63) is 78.1 Å². The molecule has 1 heterocycles. The van der Waals surface area contributed by atoms with E-state index >= 15 is 0 Å². The van der Waals surface area contributed by atoms with Gasteiger partial charge in [-0.05, 0) is 42.9 Å². The van der Waals surface area contributed by atoms with Crippen LogP contribution in [0.15, 0.2) is 72.1 Å². The van der Waals surface area contributed by atoms with Gasteiger partial charge in [0.15, 0.2) is 0 Å². The van der Waals surface area contributed by atoms with Crippen molar-refractivity contribution in [1.82, 2.24) is 10.4 Å². The Morgan fingerprint density at radius 3 is 2.65 bits per heavy atom. The highest BCUT2D eigenvalue weighted by atomic mass is 16.3. The molecule has 0 bridgehead atoms. The number of aryl methyl sites for hydroxylation is 1. The van der Waals surface area contributed by atoms with Crippen LogP contribution in [0.2, 0.25) is 0 Å². The largest absolute Gasteiger partial charge is 0.393 e. The van der Waals surface area contributed by atoms with Gasteiger partial charge in [-0.25, -0.2) is 5.43 Å². The van der Waals surface area contributed by atoms with Crippen LogP contribution in [0.4, 0.5) is 0 Å². The van der Waals surface area contributed by atoms with Crippen LogP contribution in [-0.2, 0) is 6.42 Å². The molecule has 0 unspecified atom stereocenters. The van der Waals surface area contributed by atoms with Gasteiger partial charge in [0.25, 0.3) is 5.91 Å². The molecule has 3 rings (SSSR count). The molecule has 164 valence electrons. The van der Waals surface area contributed by atoms with Gasteiger partial charge in [-0.3, -0.25) is 9.78 Å². The van der Waals surface area contributed by atoms with Crippen LogP contribution in [0.5, 0.6) is 0 Å². The predicted octanol–water partition coefficient (Wildman–Crippen LogP) is 2.10. The zero-order valence-corrected chi connectivity index (χ0v) is 17.3.